The molecular weight excluding hydrogens is 408 g/mol. The van der Waals surface area contributed by atoms with Crippen LogP contribution in [0, 0.1) is 0 Å². The summed E-state index contributed by atoms with van der Waals surface area (Å²) in [6, 6.07) is 13.5. The Morgan fingerprint density at radius 2 is 1.43 bits per heavy atom. The lowest BCUT2D eigenvalue weighted by Crippen LogP contribution is -2.08. The fraction of sp³-hybridized carbons (Fsp3) is 0.318. The maximum atomic E-state index is 12.2. The number of rotatable bonds is 13. The number of hydrogen-bond acceptors (Lipinski definition) is 7. The van der Waals surface area contributed by atoms with Gasteiger partial charge in [-0.2, -0.15) is 8.42 Å². The molecule has 0 unspecified atom stereocenters. The normalized spacial score (nSPS) is 11.0. The number of carbonyl (C=O) groups excluding carboxylic acids is 1. The molecule has 0 spiro atoms. The van der Waals surface area contributed by atoms with Crippen LogP contribution in [0.1, 0.15) is 36.0 Å². The molecule has 7 nitrogen and oxygen atoms in total. The number of methoxy groups -OCH3 is 1. The molecule has 0 saturated heterocycles. The molecule has 0 aliphatic rings. The van der Waals surface area contributed by atoms with Crippen LogP contribution in [-0.4, -0.2) is 34.7 Å². The molecule has 2 aromatic carbocycles. The van der Waals surface area contributed by atoms with Crippen LogP contribution in [0.2, 0.25) is 0 Å². The second kappa shape index (κ2) is 12.0. The molecule has 0 aliphatic carbocycles. The first-order valence-corrected chi connectivity index (χ1v) is 11.0. The SMILES string of the molecule is C=CS(=O)(=O)OCCCCCCOc1ccc(C(=O)Oc2ccc(OC)cc2)cc1. The lowest BCUT2D eigenvalue weighted by molar-refractivity contribution is 0.0734. The number of carbonyl (C=O) groups is 1. The molecule has 0 fully saturated rings. The molecule has 0 saturated carbocycles. The van der Waals surface area contributed by atoms with E-state index < -0.39 is 16.1 Å². The van der Waals surface area contributed by atoms with E-state index in [1.54, 1.807) is 55.6 Å². The van der Waals surface area contributed by atoms with Crippen molar-refractivity contribution in [2.75, 3.05) is 20.3 Å². The van der Waals surface area contributed by atoms with Gasteiger partial charge in [-0.05, 0) is 67.8 Å². The Morgan fingerprint density at radius 1 is 0.867 bits per heavy atom. The highest BCUT2D eigenvalue weighted by Gasteiger charge is 2.09. The largest absolute Gasteiger partial charge is 0.497 e. The molecule has 2 rings (SSSR count). The molecule has 0 amide bonds. The molecule has 0 heterocycles. The van der Waals surface area contributed by atoms with Crippen molar-refractivity contribution < 1.29 is 31.6 Å². The summed E-state index contributed by atoms with van der Waals surface area (Å²) in [4.78, 5) is 12.2. The molecule has 30 heavy (non-hydrogen) atoms. The minimum atomic E-state index is -3.58. The minimum Gasteiger partial charge on any atom is -0.497 e. The fourth-order valence-corrected chi connectivity index (χ4v) is 2.91. The van der Waals surface area contributed by atoms with Gasteiger partial charge in [0.2, 0.25) is 0 Å². The Hall–Kier alpha value is -2.84. The summed E-state index contributed by atoms with van der Waals surface area (Å²) in [5.74, 6) is 1.34. The number of esters is 1. The van der Waals surface area contributed by atoms with E-state index in [2.05, 4.69) is 6.58 Å². The van der Waals surface area contributed by atoms with Crippen molar-refractivity contribution in [2.45, 2.75) is 25.7 Å². The molecule has 0 atom stereocenters. The van der Waals surface area contributed by atoms with Gasteiger partial charge >= 0.3 is 5.97 Å². The van der Waals surface area contributed by atoms with Gasteiger partial charge in [-0.25, -0.2) is 4.79 Å². The van der Waals surface area contributed by atoms with Crippen LogP contribution in [0.5, 0.6) is 17.2 Å². The summed E-state index contributed by atoms with van der Waals surface area (Å²) < 4.78 is 42.9. The van der Waals surface area contributed by atoms with Gasteiger partial charge in [-0.1, -0.05) is 13.0 Å². The van der Waals surface area contributed by atoms with Gasteiger partial charge in [0.25, 0.3) is 10.1 Å². The van der Waals surface area contributed by atoms with Crippen molar-refractivity contribution >= 4 is 16.1 Å². The number of benzene rings is 2. The van der Waals surface area contributed by atoms with E-state index >= 15 is 0 Å². The molecule has 2 aromatic rings. The third kappa shape index (κ3) is 8.26. The lowest BCUT2D eigenvalue weighted by atomic mass is 10.2. The van der Waals surface area contributed by atoms with E-state index in [1.807, 2.05) is 0 Å². The zero-order chi connectivity index (χ0) is 21.8. The maximum Gasteiger partial charge on any atom is 0.343 e. The Morgan fingerprint density at radius 3 is 2.03 bits per heavy atom. The summed E-state index contributed by atoms with van der Waals surface area (Å²) in [6.45, 7) is 3.87. The van der Waals surface area contributed by atoms with E-state index in [1.165, 1.54) is 0 Å². The van der Waals surface area contributed by atoms with Crippen LogP contribution in [-0.2, 0) is 14.3 Å². The van der Waals surface area contributed by atoms with Crippen LogP contribution in [0.25, 0.3) is 0 Å². The van der Waals surface area contributed by atoms with Crippen molar-refractivity contribution in [1.82, 2.24) is 0 Å². The molecule has 0 aromatic heterocycles. The first kappa shape index (κ1) is 23.4. The highest BCUT2D eigenvalue weighted by molar-refractivity contribution is 7.89. The van der Waals surface area contributed by atoms with E-state index in [0.717, 1.165) is 24.7 Å². The van der Waals surface area contributed by atoms with E-state index in [-0.39, 0.29) is 6.61 Å². The van der Waals surface area contributed by atoms with Crippen LogP contribution in [0.4, 0.5) is 0 Å². The molecule has 0 N–H and O–H groups in total. The van der Waals surface area contributed by atoms with Crippen molar-refractivity contribution in [3.05, 3.63) is 66.1 Å². The average molecular weight is 435 g/mol. The van der Waals surface area contributed by atoms with Gasteiger partial charge in [-0.15, -0.1) is 0 Å². The number of unbranched alkanes of at least 4 members (excludes halogenated alkanes) is 3. The topological polar surface area (TPSA) is 88.1 Å². The van der Waals surface area contributed by atoms with Gasteiger partial charge in [0, 0.05) is 0 Å². The Kier molecular flexibility index (Phi) is 9.37. The molecule has 0 aliphatic heterocycles. The first-order valence-electron chi connectivity index (χ1n) is 9.54. The predicted molar refractivity (Wildman–Crippen MR) is 113 cm³/mol. The molecular formula is C22H26O7S. The second-order valence-electron chi connectivity index (χ2n) is 6.33. The second-order valence-corrected chi connectivity index (χ2v) is 7.89. The van der Waals surface area contributed by atoms with Crippen LogP contribution in [0.3, 0.4) is 0 Å². The average Bonchev–Trinajstić information content (AvgIpc) is 2.76. The van der Waals surface area contributed by atoms with Gasteiger partial charge in [0.05, 0.1) is 31.3 Å². The first-order chi connectivity index (χ1) is 14.4. The molecule has 8 heteroatoms. The summed E-state index contributed by atoms with van der Waals surface area (Å²) in [5.41, 5.74) is 0.424. The number of hydrogen-bond donors (Lipinski definition) is 0. The highest BCUT2D eigenvalue weighted by Crippen LogP contribution is 2.19. The quantitative estimate of drug-likeness (QED) is 0.200. The molecule has 162 valence electrons. The summed E-state index contributed by atoms with van der Waals surface area (Å²) in [7, 11) is -2.01. The van der Waals surface area contributed by atoms with E-state index in [4.69, 9.17) is 18.4 Å². The smallest absolute Gasteiger partial charge is 0.343 e. The Labute approximate surface area is 177 Å². The van der Waals surface area contributed by atoms with Gasteiger partial charge in [0.1, 0.15) is 17.2 Å². The van der Waals surface area contributed by atoms with Gasteiger partial charge in [-0.3, -0.25) is 4.18 Å². The Balaban J connectivity index is 1.65. The zero-order valence-electron chi connectivity index (χ0n) is 16.9. The summed E-state index contributed by atoms with van der Waals surface area (Å²) >= 11 is 0. The highest BCUT2D eigenvalue weighted by atomic mass is 32.2. The predicted octanol–water partition coefficient (Wildman–Crippen LogP) is 4.34. The third-order valence-electron chi connectivity index (χ3n) is 4.12. The van der Waals surface area contributed by atoms with E-state index in [0.29, 0.717) is 35.8 Å². The fourth-order valence-electron chi connectivity index (χ4n) is 2.47. The monoisotopic (exact) mass is 434 g/mol. The van der Waals surface area contributed by atoms with Crippen molar-refractivity contribution in [1.29, 1.82) is 0 Å². The van der Waals surface area contributed by atoms with Gasteiger partial charge < -0.3 is 14.2 Å². The third-order valence-corrected chi connectivity index (χ3v) is 5.02. The van der Waals surface area contributed by atoms with Crippen LogP contribution >= 0.6 is 0 Å². The molecule has 0 radical (unpaired) electrons. The van der Waals surface area contributed by atoms with Gasteiger partial charge in [0.15, 0.2) is 0 Å². The Bertz CT molecular complexity index is 904. The van der Waals surface area contributed by atoms with Crippen LogP contribution < -0.4 is 14.2 Å². The lowest BCUT2D eigenvalue weighted by Gasteiger charge is -2.08. The summed E-state index contributed by atoms with van der Waals surface area (Å²) in [5, 5.41) is 0.797. The van der Waals surface area contributed by atoms with Crippen molar-refractivity contribution in [3.8, 4) is 17.2 Å². The molecule has 0 bridgehead atoms. The van der Waals surface area contributed by atoms with E-state index in [9.17, 15) is 13.2 Å². The standard InChI is InChI=1S/C22H26O7S/c1-3-30(24,25)28-17-7-5-4-6-16-27-20-10-8-18(9-11-20)22(23)29-21-14-12-19(26-2)13-15-21/h3,8-15H,1,4-7,16-17H2,2H3. The number of ether oxygens (including phenoxy) is 3. The minimum absolute atomic E-state index is 0.156. The van der Waals surface area contributed by atoms with Crippen LogP contribution in [0.15, 0.2) is 60.5 Å². The maximum absolute atomic E-state index is 12.2. The summed E-state index contributed by atoms with van der Waals surface area (Å²) in [6.07, 6.45) is 3.21. The van der Waals surface area contributed by atoms with Crippen molar-refractivity contribution in [2.24, 2.45) is 0 Å². The van der Waals surface area contributed by atoms with Crippen molar-refractivity contribution in [3.63, 3.8) is 0 Å². The zero-order valence-corrected chi connectivity index (χ0v) is 17.7.